The number of urea groups is 1. The van der Waals surface area contributed by atoms with E-state index in [1.165, 1.54) is 22.3 Å². The van der Waals surface area contributed by atoms with Crippen LogP contribution in [0.1, 0.15) is 74.6 Å². The molecule has 2 aliphatic carbocycles. The molecule has 1 aromatic rings. The van der Waals surface area contributed by atoms with E-state index < -0.39 is 21.3 Å². The highest BCUT2D eigenvalue weighted by Gasteiger charge is 2.46. The van der Waals surface area contributed by atoms with Gasteiger partial charge in [0.15, 0.2) is 0 Å². The minimum atomic E-state index is -3.69. The first-order valence-corrected chi connectivity index (χ1v) is 13.1. The van der Waals surface area contributed by atoms with Crippen molar-refractivity contribution in [1.29, 1.82) is 0 Å². The number of nitrogens with zero attached hydrogens (tertiary/aromatic N) is 1. The maximum absolute atomic E-state index is 13.1. The molecule has 30 heavy (non-hydrogen) atoms. The first-order valence-electron chi connectivity index (χ1n) is 11.6. The van der Waals surface area contributed by atoms with E-state index in [9.17, 15) is 13.2 Å². The Bertz CT molecular complexity index is 926. The third kappa shape index (κ3) is 3.44. The smallest absolute Gasteiger partial charge is 0.307 e. The Balaban J connectivity index is 1.31. The van der Waals surface area contributed by atoms with E-state index in [2.05, 4.69) is 34.9 Å². The number of benzene rings is 1. The molecule has 2 N–H and O–H groups in total. The van der Waals surface area contributed by atoms with Crippen LogP contribution >= 0.6 is 0 Å². The summed E-state index contributed by atoms with van der Waals surface area (Å²) in [6.45, 7) is 4.37. The van der Waals surface area contributed by atoms with Crippen LogP contribution in [0.2, 0.25) is 0 Å². The van der Waals surface area contributed by atoms with Crippen molar-refractivity contribution in [1.82, 2.24) is 9.62 Å². The van der Waals surface area contributed by atoms with Crippen LogP contribution in [0.25, 0.3) is 0 Å². The molecule has 2 amide bonds. The van der Waals surface area contributed by atoms with Crippen molar-refractivity contribution < 1.29 is 13.2 Å². The van der Waals surface area contributed by atoms with Gasteiger partial charge in [0.25, 0.3) is 0 Å². The van der Waals surface area contributed by atoms with Crippen LogP contribution in [0.3, 0.4) is 0 Å². The average Bonchev–Trinajstić information content (AvgIpc) is 3.38. The first kappa shape index (κ1) is 20.3. The number of aryl methyl sites for hydroxylation is 2. The van der Waals surface area contributed by atoms with Gasteiger partial charge in [-0.2, -0.15) is 0 Å². The molecular weight excluding hydrogens is 398 g/mol. The number of anilines is 1. The predicted molar refractivity (Wildman–Crippen MR) is 118 cm³/mol. The minimum absolute atomic E-state index is 0.314. The fourth-order valence-corrected chi connectivity index (χ4v) is 8.01. The lowest BCUT2D eigenvalue weighted by Crippen LogP contribution is -2.52. The molecule has 0 spiro atoms. The Kier molecular flexibility index (Phi) is 5.09. The maximum Gasteiger partial charge on any atom is 0.332 e. The van der Waals surface area contributed by atoms with Gasteiger partial charge in [0.05, 0.1) is 5.25 Å². The number of hydrogen-bond donors (Lipinski definition) is 2. The highest BCUT2D eigenvalue weighted by molar-refractivity contribution is 7.90. The Morgan fingerprint density at radius 2 is 1.57 bits per heavy atom. The Morgan fingerprint density at radius 3 is 2.10 bits per heavy atom. The average molecular weight is 432 g/mol. The number of piperidine rings is 1. The molecule has 2 heterocycles. The lowest BCUT2D eigenvalue weighted by Gasteiger charge is -2.41. The summed E-state index contributed by atoms with van der Waals surface area (Å²) in [5.41, 5.74) is 5.97. The lowest BCUT2D eigenvalue weighted by molar-refractivity contribution is 0.105. The number of sulfonamides is 1. The first-order chi connectivity index (χ1) is 14.3. The third-order valence-corrected chi connectivity index (χ3v) is 9.46. The molecule has 6 nitrogen and oxygen atoms in total. The van der Waals surface area contributed by atoms with E-state index in [1.54, 1.807) is 0 Å². The number of carbonyl (C=O) groups is 1. The summed E-state index contributed by atoms with van der Waals surface area (Å²) in [7, 11) is -3.69. The summed E-state index contributed by atoms with van der Waals surface area (Å²) in [6.07, 6.45) is 9.58. The number of nitrogens with one attached hydrogen (secondary N) is 2. The zero-order valence-electron chi connectivity index (χ0n) is 18.0. The van der Waals surface area contributed by atoms with Crippen LogP contribution in [0.4, 0.5) is 10.5 Å². The fraction of sp³-hybridized carbons (Fsp3) is 0.696. The van der Waals surface area contributed by atoms with Gasteiger partial charge >= 0.3 is 6.03 Å². The van der Waals surface area contributed by atoms with E-state index >= 15 is 0 Å². The van der Waals surface area contributed by atoms with Crippen molar-refractivity contribution in [3.05, 3.63) is 28.3 Å². The molecule has 4 aliphatic rings. The molecule has 2 aliphatic heterocycles. The van der Waals surface area contributed by atoms with E-state index in [0.717, 1.165) is 57.1 Å². The summed E-state index contributed by atoms with van der Waals surface area (Å²) < 4.78 is 28.5. The van der Waals surface area contributed by atoms with Crippen molar-refractivity contribution in [3.8, 4) is 0 Å². The van der Waals surface area contributed by atoms with Crippen LogP contribution in [0.15, 0.2) is 6.07 Å². The van der Waals surface area contributed by atoms with Gasteiger partial charge in [-0.05, 0) is 100 Å². The Hall–Kier alpha value is -1.60. The molecule has 7 heteroatoms. The molecule has 2 bridgehead atoms. The number of hydrogen-bond acceptors (Lipinski definition) is 4. The van der Waals surface area contributed by atoms with Gasteiger partial charge in [-0.15, -0.1) is 0 Å². The highest BCUT2D eigenvalue weighted by atomic mass is 32.2. The Morgan fingerprint density at radius 1 is 1.00 bits per heavy atom. The van der Waals surface area contributed by atoms with Crippen molar-refractivity contribution in [2.24, 2.45) is 0 Å². The molecular formula is C23H33N3O3S. The number of amides is 2. The van der Waals surface area contributed by atoms with Gasteiger partial charge in [0, 0.05) is 23.8 Å². The van der Waals surface area contributed by atoms with Crippen LogP contribution in [0.5, 0.6) is 0 Å². The Labute approximate surface area is 179 Å². The molecule has 0 saturated carbocycles. The maximum atomic E-state index is 13.1. The summed E-state index contributed by atoms with van der Waals surface area (Å²) in [5.74, 6) is 0. The topological polar surface area (TPSA) is 78.5 Å². The molecule has 2 fully saturated rings. The van der Waals surface area contributed by atoms with Gasteiger partial charge in [-0.3, -0.25) is 4.90 Å². The molecule has 0 aromatic heterocycles. The van der Waals surface area contributed by atoms with Crippen molar-refractivity contribution in [2.75, 3.05) is 5.32 Å². The number of fused-ring (bicyclic) bond motifs is 4. The summed E-state index contributed by atoms with van der Waals surface area (Å²) in [4.78, 5) is 15.3. The second-order valence-electron chi connectivity index (χ2n) is 9.85. The van der Waals surface area contributed by atoms with Crippen LogP contribution in [0, 0.1) is 0 Å². The molecule has 0 radical (unpaired) electrons. The molecule has 2 saturated heterocycles. The number of rotatable bonds is 4. The highest BCUT2D eigenvalue weighted by Crippen LogP contribution is 2.40. The standard InChI is InChI=1S/C23H33N3O3S/c1-14(2)26-17-9-10-18(26)13-19(12-17)30(28,29)25-23(27)24-22-20-7-3-5-15(20)11-16-6-4-8-21(16)22/h11,14,17-19H,3-10,12-13H2,1-2H3,(H2,24,25,27). The summed E-state index contributed by atoms with van der Waals surface area (Å²) in [5, 5.41) is 2.48. The van der Waals surface area contributed by atoms with Gasteiger partial charge < -0.3 is 5.32 Å². The van der Waals surface area contributed by atoms with Crippen molar-refractivity contribution in [2.45, 2.75) is 101 Å². The van der Waals surface area contributed by atoms with E-state index in [1.807, 2.05) is 0 Å². The second-order valence-corrected chi connectivity index (χ2v) is 11.8. The zero-order chi connectivity index (χ0) is 21.0. The van der Waals surface area contributed by atoms with Gasteiger partial charge in [-0.25, -0.2) is 17.9 Å². The van der Waals surface area contributed by atoms with Crippen LogP contribution in [-0.4, -0.2) is 42.7 Å². The molecule has 1 aromatic carbocycles. The minimum Gasteiger partial charge on any atom is -0.307 e. The van der Waals surface area contributed by atoms with Gasteiger partial charge in [0.2, 0.25) is 10.0 Å². The molecule has 164 valence electrons. The largest absolute Gasteiger partial charge is 0.332 e. The van der Waals surface area contributed by atoms with Crippen LogP contribution < -0.4 is 10.0 Å². The predicted octanol–water partition coefficient (Wildman–Crippen LogP) is 3.52. The molecule has 2 atom stereocenters. The normalized spacial score (nSPS) is 27.9. The monoisotopic (exact) mass is 431 g/mol. The number of carbonyl (C=O) groups excluding carboxylic acids is 1. The van der Waals surface area contributed by atoms with Crippen LogP contribution in [-0.2, 0) is 35.7 Å². The van der Waals surface area contributed by atoms with E-state index in [0.29, 0.717) is 31.0 Å². The quantitative estimate of drug-likeness (QED) is 0.765. The van der Waals surface area contributed by atoms with Crippen molar-refractivity contribution in [3.63, 3.8) is 0 Å². The summed E-state index contributed by atoms with van der Waals surface area (Å²) >= 11 is 0. The van der Waals surface area contributed by atoms with Crippen molar-refractivity contribution >= 4 is 21.7 Å². The fourth-order valence-electron chi connectivity index (χ4n) is 6.58. The molecule has 2 unspecified atom stereocenters. The zero-order valence-corrected chi connectivity index (χ0v) is 18.9. The SMILES string of the molecule is CC(C)N1C2CCC1CC(S(=O)(=O)NC(=O)Nc1c3c(cc4c1CCC4)CCC3)C2. The third-order valence-electron chi connectivity index (χ3n) is 7.73. The van der Waals surface area contributed by atoms with Gasteiger partial charge in [0.1, 0.15) is 0 Å². The van der Waals surface area contributed by atoms with Gasteiger partial charge in [-0.1, -0.05) is 6.07 Å². The second kappa shape index (κ2) is 7.52. The van der Waals surface area contributed by atoms with E-state index in [4.69, 9.17) is 0 Å². The van der Waals surface area contributed by atoms with E-state index in [-0.39, 0.29) is 0 Å². The molecule has 5 rings (SSSR count). The lowest BCUT2D eigenvalue weighted by atomic mass is 9.99. The summed E-state index contributed by atoms with van der Waals surface area (Å²) in [6, 6.07) is 2.78.